The summed E-state index contributed by atoms with van der Waals surface area (Å²) in [6.07, 6.45) is 4.75. The van der Waals surface area contributed by atoms with Gasteiger partial charge in [-0.2, -0.15) is 0 Å². The first-order chi connectivity index (χ1) is 6.22. The Kier molecular flexibility index (Phi) is 3.98. The highest BCUT2D eigenvalue weighted by Gasteiger charge is 2.40. The van der Waals surface area contributed by atoms with E-state index < -0.39 is 0 Å². The van der Waals surface area contributed by atoms with E-state index in [4.69, 9.17) is 18.0 Å². The van der Waals surface area contributed by atoms with Crippen LogP contribution in [-0.2, 0) is 0 Å². The zero-order chi connectivity index (χ0) is 9.42. The highest BCUT2D eigenvalue weighted by molar-refractivity contribution is 7.80. The summed E-state index contributed by atoms with van der Waals surface area (Å²) in [4.78, 5) is 2.36. The lowest BCUT2D eigenvalue weighted by molar-refractivity contribution is 0.214. The van der Waals surface area contributed by atoms with Gasteiger partial charge in [-0.1, -0.05) is 0 Å². The molecule has 82 valence electrons. The molecule has 3 nitrogen and oxygen atoms in total. The lowest BCUT2D eigenvalue weighted by atomic mass is 9.99. The van der Waals surface area contributed by atoms with Crippen molar-refractivity contribution >= 4 is 29.7 Å². The van der Waals surface area contributed by atoms with E-state index in [0.29, 0.717) is 18.1 Å². The predicted molar refractivity (Wildman–Crippen MR) is 64.8 cm³/mol. The van der Waals surface area contributed by atoms with Crippen molar-refractivity contribution in [2.24, 2.45) is 5.73 Å². The van der Waals surface area contributed by atoms with Crippen LogP contribution in [0.2, 0.25) is 0 Å². The molecule has 0 spiro atoms. The quantitative estimate of drug-likeness (QED) is 0.612. The minimum Gasteiger partial charge on any atom is -0.366 e. The molecule has 2 rings (SSSR count). The topological polar surface area (TPSA) is 41.3 Å². The fourth-order valence-electron chi connectivity index (χ4n) is 2.68. The molecule has 0 aromatic heterocycles. The van der Waals surface area contributed by atoms with Crippen LogP contribution in [0.3, 0.4) is 0 Å². The standard InChI is InChI=1S/C9H17N3S.ClH/c1-11-9(13)12-7-2-3-8(12)5-6(10)4-7;/h6-8H,2-5,10H2,1H3,(H,11,13);1H/t6-,7+,8-;. The molecule has 2 aliphatic rings. The summed E-state index contributed by atoms with van der Waals surface area (Å²) in [6.45, 7) is 0. The van der Waals surface area contributed by atoms with Crippen LogP contribution in [0.25, 0.3) is 0 Å². The Morgan fingerprint density at radius 2 is 1.86 bits per heavy atom. The van der Waals surface area contributed by atoms with Gasteiger partial charge in [-0.05, 0) is 37.9 Å². The zero-order valence-corrected chi connectivity index (χ0v) is 10.0. The zero-order valence-electron chi connectivity index (χ0n) is 8.40. The maximum atomic E-state index is 5.97. The van der Waals surface area contributed by atoms with Crippen molar-refractivity contribution in [1.82, 2.24) is 10.2 Å². The van der Waals surface area contributed by atoms with Crippen LogP contribution < -0.4 is 11.1 Å². The van der Waals surface area contributed by atoms with Crippen LogP contribution in [0.4, 0.5) is 0 Å². The molecule has 0 radical (unpaired) electrons. The normalized spacial score (nSPS) is 35.0. The van der Waals surface area contributed by atoms with Gasteiger partial charge in [0.1, 0.15) is 0 Å². The van der Waals surface area contributed by atoms with E-state index >= 15 is 0 Å². The van der Waals surface area contributed by atoms with Crippen LogP contribution in [0, 0.1) is 0 Å². The molecule has 2 fully saturated rings. The molecule has 3 atom stereocenters. The van der Waals surface area contributed by atoms with E-state index in [1.165, 1.54) is 12.8 Å². The largest absolute Gasteiger partial charge is 0.366 e. The Hall–Kier alpha value is -0.0600. The molecule has 0 amide bonds. The minimum absolute atomic E-state index is 0. The van der Waals surface area contributed by atoms with Gasteiger partial charge in [0.15, 0.2) is 5.11 Å². The van der Waals surface area contributed by atoms with Gasteiger partial charge in [-0.25, -0.2) is 0 Å². The molecule has 0 aromatic carbocycles. The van der Waals surface area contributed by atoms with Gasteiger partial charge < -0.3 is 16.0 Å². The van der Waals surface area contributed by atoms with Crippen molar-refractivity contribution in [2.45, 2.75) is 43.8 Å². The molecule has 3 N–H and O–H groups in total. The number of halogens is 1. The fraction of sp³-hybridized carbons (Fsp3) is 0.889. The summed E-state index contributed by atoms with van der Waals surface area (Å²) in [6, 6.07) is 1.61. The first-order valence-corrected chi connectivity index (χ1v) is 5.39. The van der Waals surface area contributed by atoms with Gasteiger partial charge >= 0.3 is 0 Å². The smallest absolute Gasteiger partial charge is 0.169 e. The van der Waals surface area contributed by atoms with Crippen LogP contribution in [-0.4, -0.2) is 35.2 Å². The van der Waals surface area contributed by atoms with Crippen molar-refractivity contribution in [1.29, 1.82) is 0 Å². The summed E-state index contributed by atoms with van der Waals surface area (Å²) in [5.41, 5.74) is 5.97. The predicted octanol–water partition coefficient (Wildman–Crippen LogP) is 0.867. The molecule has 0 aromatic rings. The number of nitrogens with one attached hydrogen (secondary N) is 1. The van der Waals surface area contributed by atoms with Crippen LogP contribution >= 0.6 is 24.6 Å². The average molecular weight is 236 g/mol. The lowest BCUT2D eigenvalue weighted by Gasteiger charge is -2.39. The van der Waals surface area contributed by atoms with Crippen LogP contribution in [0.5, 0.6) is 0 Å². The monoisotopic (exact) mass is 235 g/mol. The Morgan fingerprint density at radius 1 is 1.36 bits per heavy atom. The van der Waals surface area contributed by atoms with E-state index in [9.17, 15) is 0 Å². The van der Waals surface area contributed by atoms with Crippen molar-refractivity contribution in [3.05, 3.63) is 0 Å². The number of rotatable bonds is 0. The maximum absolute atomic E-state index is 5.97. The molecule has 0 aliphatic carbocycles. The first-order valence-electron chi connectivity index (χ1n) is 4.98. The summed E-state index contributed by atoms with van der Waals surface area (Å²) in [5, 5.41) is 3.97. The van der Waals surface area contributed by atoms with E-state index in [2.05, 4.69) is 10.2 Å². The van der Waals surface area contributed by atoms with Crippen molar-refractivity contribution in [3.63, 3.8) is 0 Å². The summed E-state index contributed by atoms with van der Waals surface area (Å²) >= 11 is 5.28. The molecular weight excluding hydrogens is 218 g/mol. The Morgan fingerprint density at radius 3 is 2.29 bits per heavy atom. The molecule has 2 heterocycles. The van der Waals surface area contributed by atoms with Gasteiger partial charge in [0.2, 0.25) is 0 Å². The number of nitrogens with two attached hydrogens (primary N) is 1. The molecule has 5 heteroatoms. The van der Waals surface area contributed by atoms with E-state index in [0.717, 1.165) is 18.0 Å². The SMILES string of the molecule is CNC(=S)N1[C@@H]2CC[C@H]1C[C@@H](N)C2.Cl. The minimum atomic E-state index is 0. The van der Waals surface area contributed by atoms with Crippen molar-refractivity contribution in [2.75, 3.05) is 7.05 Å². The second-order valence-electron chi connectivity index (χ2n) is 4.08. The van der Waals surface area contributed by atoms with Gasteiger partial charge in [0.25, 0.3) is 0 Å². The molecular formula is C9H18ClN3S. The fourth-order valence-corrected chi connectivity index (χ4v) is 2.98. The molecule has 2 bridgehead atoms. The number of piperidine rings is 1. The Balaban J connectivity index is 0.000000980. The maximum Gasteiger partial charge on any atom is 0.169 e. The second-order valence-corrected chi connectivity index (χ2v) is 4.47. The lowest BCUT2D eigenvalue weighted by Crippen LogP contribution is -2.52. The summed E-state index contributed by atoms with van der Waals surface area (Å²) in [5.74, 6) is 0. The number of hydrogen-bond donors (Lipinski definition) is 2. The van der Waals surface area contributed by atoms with Crippen molar-refractivity contribution < 1.29 is 0 Å². The Bertz CT molecular complexity index is 210. The number of hydrogen-bond acceptors (Lipinski definition) is 2. The summed E-state index contributed by atoms with van der Waals surface area (Å²) in [7, 11) is 1.90. The average Bonchev–Trinajstić information content (AvgIpc) is 2.37. The van der Waals surface area contributed by atoms with Gasteiger partial charge in [0.05, 0.1) is 0 Å². The van der Waals surface area contributed by atoms with E-state index in [-0.39, 0.29) is 12.4 Å². The van der Waals surface area contributed by atoms with E-state index in [1.807, 2.05) is 7.05 Å². The highest BCUT2D eigenvalue weighted by Crippen LogP contribution is 2.34. The van der Waals surface area contributed by atoms with Gasteiger partial charge in [0, 0.05) is 25.2 Å². The second kappa shape index (κ2) is 4.64. The van der Waals surface area contributed by atoms with Gasteiger partial charge in [-0.3, -0.25) is 0 Å². The third kappa shape index (κ3) is 1.97. The number of thiocarbonyl (C=S) groups is 1. The third-order valence-electron chi connectivity index (χ3n) is 3.22. The summed E-state index contributed by atoms with van der Waals surface area (Å²) < 4.78 is 0. The first kappa shape index (κ1) is 12.0. The number of fused-ring (bicyclic) bond motifs is 2. The van der Waals surface area contributed by atoms with Crippen LogP contribution in [0.1, 0.15) is 25.7 Å². The van der Waals surface area contributed by atoms with Crippen molar-refractivity contribution in [3.8, 4) is 0 Å². The third-order valence-corrected chi connectivity index (χ3v) is 3.63. The number of nitrogens with zero attached hydrogens (tertiary/aromatic N) is 1. The van der Waals surface area contributed by atoms with Crippen LogP contribution in [0.15, 0.2) is 0 Å². The molecule has 0 saturated carbocycles. The molecule has 2 saturated heterocycles. The Labute approximate surface area is 96.8 Å². The molecule has 14 heavy (non-hydrogen) atoms. The molecule has 2 aliphatic heterocycles. The molecule has 0 unspecified atom stereocenters. The van der Waals surface area contributed by atoms with E-state index in [1.54, 1.807) is 0 Å². The highest BCUT2D eigenvalue weighted by atomic mass is 35.5. The van der Waals surface area contributed by atoms with Gasteiger partial charge in [-0.15, -0.1) is 12.4 Å².